The predicted octanol–water partition coefficient (Wildman–Crippen LogP) is 5.09. The molecular formula is C21H22F3NO2. The third-order valence-electron chi connectivity index (χ3n) is 6.25. The molecule has 2 fully saturated rings. The lowest BCUT2D eigenvalue weighted by atomic mass is 9.89. The standard InChI is InChI=1S/C21H22F3NO2/c1-2-27-20(26)21(23,24)15-9-12-7-14(8-13(12)10-15)17-5-6-25-19-4-3-16(22)11-18(17)19/h3-6,11-15H,2,7-10H2,1H3/t12-,13+,14?,15?. The zero-order valence-corrected chi connectivity index (χ0v) is 15.1. The van der Waals surface area contributed by atoms with Crippen molar-refractivity contribution < 1.29 is 22.7 Å². The summed E-state index contributed by atoms with van der Waals surface area (Å²) < 4.78 is 47.0. The SMILES string of the molecule is CCOC(=O)C(F)(F)C1C[C@H]2CC(c3ccnc4ccc(F)cc34)C[C@H]2C1. The van der Waals surface area contributed by atoms with E-state index in [-0.39, 0.29) is 30.2 Å². The quantitative estimate of drug-likeness (QED) is 0.697. The molecule has 4 atom stereocenters. The number of nitrogens with zero attached hydrogens (tertiary/aromatic N) is 1. The lowest BCUT2D eigenvalue weighted by molar-refractivity contribution is -0.180. The van der Waals surface area contributed by atoms with Crippen molar-refractivity contribution in [2.45, 2.75) is 44.4 Å². The number of hydrogen-bond acceptors (Lipinski definition) is 3. The highest BCUT2D eigenvalue weighted by Crippen LogP contribution is 2.56. The molecule has 2 unspecified atom stereocenters. The number of alkyl halides is 2. The number of ether oxygens (including phenoxy) is 1. The second-order valence-electron chi connectivity index (χ2n) is 7.76. The molecule has 27 heavy (non-hydrogen) atoms. The molecule has 0 aliphatic heterocycles. The van der Waals surface area contributed by atoms with Crippen LogP contribution in [-0.4, -0.2) is 23.5 Å². The van der Waals surface area contributed by atoms with Crippen LogP contribution in [0.4, 0.5) is 13.2 Å². The maximum atomic E-state index is 14.4. The van der Waals surface area contributed by atoms with Gasteiger partial charge in [0.05, 0.1) is 12.1 Å². The molecule has 1 heterocycles. The molecule has 0 bridgehead atoms. The van der Waals surface area contributed by atoms with Crippen molar-refractivity contribution in [1.29, 1.82) is 0 Å². The summed E-state index contributed by atoms with van der Waals surface area (Å²) in [6.45, 7) is 1.49. The highest BCUT2D eigenvalue weighted by molar-refractivity contribution is 5.82. The number of esters is 1. The van der Waals surface area contributed by atoms with Gasteiger partial charge in [0.2, 0.25) is 0 Å². The van der Waals surface area contributed by atoms with Gasteiger partial charge in [0.25, 0.3) is 0 Å². The molecule has 3 nitrogen and oxygen atoms in total. The van der Waals surface area contributed by atoms with E-state index >= 15 is 0 Å². The van der Waals surface area contributed by atoms with Gasteiger partial charge < -0.3 is 4.74 Å². The fourth-order valence-electron chi connectivity index (χ4n) is 5.06. The van der Waals surface area contributed by atoms with Gasteiger partial charge in [0.15, 0.2) is 0 Å². The highest BCUT2D eigenvalue weighted by atomic mass is 19.3. The van der Waals surface area contributed by atoms with Gasteiger partial charge in [0.1, 0.15) is 5.82 Å². The first-order valence-electron chi connectivity index (χ1n) is 9.49. The van der Waals surface area contributed by atoms with Crippen LogP contribution in [0.1, 0.15) is 44.1 Å². The van der Waals surface area contributed by atoms with Crippen LogP contribution >= 0.6 is 0 Å². The number of carbonyl (C=O) groups excluding carboxylic acids is 1. The lowest BCUT2D eigenvalue weighted by Gasteiger charge is -2.23. The van der Waals surface area contributed by atoms with Crippen LogP contribution in [0.3, 0.4) is 0 Å². The minimum atomic E-state index is -3.41. The fraction of sp³-hybridized carbons (Fsp3) is 0.524. The van der Waals surface area contributed by atoms with E-state index in [1.165, 1.54) is 19.1 Å². The molecule has 4 rings (SSSR count). The molecule has 2 saturated carbocycles. The third kappa shape index (κ3) is 3.19. The van der Waals surface area contributed by atoms with E-state index in [4.69, 9.17) is 0 Å². The van der Waals surface area contributed by atoms with Gasteiger partial charge in [-0.15, -0.1) is 0 Å². The summed E-state index contributed by atoms with van der Waals surface area (Å²) in [5, 5.41) is 0.802. The minimum absolute atomic E-state index is 0.0399. The Morgan fingerprint density at radius 2 is 1.89 bits per heavy atom. The lowest BCUT2D eigenvalue weighted by Crippen LogP contribution is -2.38. The van der Waals surface area contributed by atoms with Crippen molar-refractivity contribution >= 4 is 16.9 Å². The van der Waals surface area contributed by atoms with Gasteiger partial charge in [-0.1, -0.05) is 0 Å². The number of rotatable bonds is 4. The number of carbonyl (C=O) groups is 1. The van der Waals surface area contributed by atoms with Gasteiger partial charge in [-0.2, -0.15) is 8.78 Å². The molecule has 1 aromatic carbocycles. The summed E-state index contributed by atoms with van der Waals surface area (Å²) in [7, 11) is 0. The third-order valence-corrected chi connectivity index (χ3v) is 6.25. The minimum Gasteiger partial charge on any atom is -0.462 e. The van der Waals surface area contributed by atoms with E-state index in [9.17, 15) is 18.0 Å². The van der Waals surface area contributed by atoms with E-state index in [0.717, 1.165) is 29.3 Å². The van der Waals surface area contributed by atoms with Gasteiger partial charge >= 0.3 is 11.9 Å². The summed E-state index contributed by atoms with van der Waals surface area (Å²) in [6.07, 6.45) is 3.97. The molecule has 0 saturated heterocycles. The van der Waals surface area contributed by atoms with Crippen molar-refractivity contribution in [1.82, 2.24) is 4.98 Å². The molecule has 144 valence electrons. The first kappa shape index (κ1) is 18.3. The molecular weight excluding hydrogens is 355 g/mol. The summed E-state index contributed by atoms with van der Waals surface area (Å²) >= 11 is 0. The number of aromatic nitrogens is 1. The number of hydrogen-bond donors (Lipinski definition) is 0. The molecule has 0 spiro atoms. The van der Waals surface area contributed by atoms with E-state index in [1.807, 2.05) is 6.07 Å². The first-order chi connectivity index (χ1) is 12.9. The number of fused-ring (bicyclic) bond motifs is 2. The molecule has 0 N–H and O–H groups in total. The maximum absolute atomic E-state index is 14.4. The molecule has 6 heteroatoms. The number of benzene rings is 1. The van der Waals surface area contributed by atoms with E-state index < -0.39 is 17.8 Å². The van der Waals surface area contributed by atoms with Crippen molar-refractivity contribution in [3.05, 3.63) is 41.8 Å². The van der Waals surface area contributed by atoms with Crippen LogP contribution in [-0.2, 0) is 9.53 Å². The summed E-state index contributed by atoms with van der Waals surface area (Å²) in [5.74, 6) is -5.52. The second kappa shape index (κ2) is 6.80. The Labute approximate surface area is 155 Å². The van der Waals surface area contributed by atoms with E-state index in [0.29, 0.717) is 12.8 Å². The van der Waals surface area contributed by atoms with Gasteiger partial charge in [0, 0.05) is 17.5 Å². The van der Waals surface area contributed by atoms with Gasteiger partial charge in [-0.25, -0.2) is 9.18 Å². The van der Waals surface area contributed by atoms with Crippen molar-refractivity contribution in [2.24, 2.45) is 17.8 Å². The Morgan fingerprint density at radius 3 is 2.56 bits per heavy atom. The van der Waals surface area contributed by atoms with E-state index in [1.54, 1.807) is 12.3 Å². The molecule has 0 amide bonds. The Morgan fingerprint density at radius 1 is 1.19 bits per heavy atom. The molecule has 0 radical (unpaired) electrons. The van der Waals surface area contributed by atoms with Crippen molar-refractivity contribution in [3.8, 4) is 0 Å². The Bertz CT molecular complexity index is 856. The van der Waals surface area contributed by atoms with Crippen molar-refractivity contribution in [3.63, 3.8) is 0 Å². The average Bonchev–Trinajstić information content (AvgIpc) is 3.20. The number of pyridine rings is 1. The Hall–Kier alpha value is -2.11. The Balaban J connectivity index is 1.51. The Kier molecular flexibility index (Phi) is 4.60. The normalized spacial score (nSPS) is 27.7. The topological polar surface area (TPSA) is 39.2 Å². The van der Waals surface area contributed by atoms with Gasteiger partial charge in [-0.3, -0.25) is 4.98 Å². The molecule has 2 aliphatic rings. The van der Waals surface area contributed by atoms with Crippen LogP contribution < -0.4 is 0 Å². The van der Waals surface area contributed by atoms with Crippen molar-refractivity contribution in [2.75, 3.05) is 6.61 Å². The molecule has 2 aromatic rings. The number of halogens is 3. The molecule has 1 aromatic heterocycles. The fourth-order valence-corrected chi connectivity index (χ4v) is 5.06. The summed E-state index contributed by atoms with van der Waals surface area (Å²) in [5.41, 5.74) is 1.79. The zero-order valence-electron chi connectivity index (χ0n) is 15.1. The predicted molar refractivity (Wildman–Crippen MR) is 95.0 cm³/mol. The van der Waals surface area contributed by atoms with Crippen LogP contribution in [0, 0.1) is 23.6 Å². The average molecular weight is 377 g/mol. The summed E-state index contributed by atoms with van der Waals surface area (Å²) in [6, 6.07) is 6.48. The first-order valence-corrected chi connectivity index (χ1v) is 9.49. The van der Waals surface area contributed by atoms with Gasteiger partial charge in [-0.05, 0) is 80.2 Å². The smallest absolute Gasteiger partial charge is 0.377 e. The zero-order chi connectivity index (χ0) is 19.2. The van der Waals surface area contributed by atoms with Crippen LogP contribution in [0.5, 0.6) is 0 Å². The highest BCUT2D eigenvalue weighted by Gasteiger charge is 2.55. The maximum Gasteiger partial charge on any atom is 0.377 e. The van der Waals surface area contributed by atoms with Crippen LogP contribution in [0.25, 0.3) is 10.9 Å². The molecule has 2 aliphatic carbocycles. The second-order valence-corrected chi connectivity index (χ2v) is 7.76. The monoisotopic (exact) mass is 377 g/mol. The van der Waals surface area contributed by atoms with Crippen LogP contribution in [0.15, 0.2) is 30.5 Å². The summed E-state index contributed by atoms with van der Waals surface area (Å²) in [4.78, 5) is 15.9. The largest absolute Gasteiger partial charge is 0.462 e. The van der Waals surface area contributed by atoms with E-state index in [2.05, 4.69) is 9.72 Å². The van der Waals surface area contributed by atoms with Crippen LogP contribution in [0.2, 0.25) is 0 Å².